The maximum atomic E-state index is 12.9. The maximum absolute atomic E-state index is 12.9. The van der Waals surface area contributed by atoms with Crippen molar-refractivity contribution in [3.05, 3.63) is 83.4 Å². The molecule has 0 saturated carbocycles. The average Bonchev–Trinajstić information content (AvgIpc) is 2.81. The zero-order valence-corrected chi connectivity index (χ0v) is 19.3. The monoisotopic (exact) mass is 496 g/mol. The van der Waals surface area contributed by atoms with Crippen LogP contribution in [0.3, 0.4) is 0 Å². The summed E-state index contributed by atoms with van der Waals surface area (Å²) in [5, 5.41) is 14.1. The van der Waals surface area contributed by atoms with Gasteiger partial charge in [-0.1, -0.05) is 43.3 Å². The molecule has 186 valence electrons. The first-order valence-corrected chi connectivity index (χ1v) is 11.2. The summed E-state index contributed by atoms with van der Waals surface area (Å²) in [7, 11) is 0. The molecule has 0 aliphatic heterocycles. The van der Waals surface area contributed by atoms with Crippen molar-refractivity contribution in [2.24, 2.45) is 5.41 Å². The summed E-state index contributed by atoms with van der Waals surface area (Å²) in [6.07, 6.45) is -3.67. The highest BCUT2D eigenvalue weighted by atomic mass is 19.4. The number of ketones is 1. The van der Waals surface area contributed by atoms with Crippen LogP contribution in [-0.2, 0) is 17.4 Å². The van der Waals surface area contributed by atoms with E-state index in [2.05, 4.69) is 10.6 Å². The smallest absolute Gasteiger partial charge is 0.416 e. The Morgan fingerprint density at radius 2 is 1.61 bits per heavy atom. The molecule has 2 amide bonds. The van der Waals surface area contributed by atoms with Gasteiger partial charge >= 0.3 is 18.2 Å². The lowest BCUT2D eigenvalue weighted by Crippen LogP contribution is -2.35. The number of carbonyl (C=O) groups is 3. The van der Waals surface area contributed by atoms with Crippen molar-refractivity contribution in [1.29, 1.82) is 0 Å². The molecule has 0 spiro atoms. The van der Waals surface area contributed by atoms with Gasteiger partial charge < -0.3 is 15.7 Å². The molecule has 3 aromatic carbocycles. The van der Waals surface area contributed by atoms with Crippen molar-refractivity contribution in [2.45, 2.75) is 32.4 Å². The zero-order valence-electron chi connectivity index (χ0n) is 19.3. The minimum Gasteiger partial charge on any atom is -0.481 e. The largest absolute Gasteiger partial charge is 0.481 e. The van der Waals surface area contributed by atoms with E-state index in [4.69, 9.17) is 5.11 Å². The maximum Gasteiger partial charge on any atom is 0.416 e. The second kappa shape index (κ2) is 9.49. The Morgan fingerprint density at radius 1 is 0.944 bits per heavy atom. The first-order chi connectivity index (χ1) is 16.9. The van der Waals surface area contributed by atoms with Crippen LogP contribution < -0.4 is 10.6 Å². The number of amides is 2. The molecule has 0 fully saturated rings. The summed E-state index contributed by atoms with van der Waals surface area (Å²) in [5.41, 5.74) is 1.80. The van der Waals surface area contributed by atoms with Crippen molar-refractivity contribution in [3.8, 4) is 11.1 Å². The average molecular weight is 496 g/mol. The molecule has 9 heteroatoms. The van der Waals surface area contributed by atoms with Crippen LogP contribution in [-0.4, -0.2) is 22.9 Å². The molecule has 0 aromatic heterocycles. The lowest BCUT2D eigenvalue weighted by Gasteiger charge is -2.32. The number of nitrogens with one attached hydrogen (secondary N) is 2. The summed E-state index contributed by atoms with van der Waals surface area (Å²) in [6.45, 7) is 1.69. The Hall–Kier alpha value is -4.14. The van der Waals surface area contributed by atoms with Gasteiger partial charge in [0.25, 0.3) is 0 Å². The molecule has 4 rings (SSSR count). The Labute approximate surface area is 205 Å². The molecular weight excluding hydrogens is 473 g/mol. The highest BCUT2D eigenvalue weighted by molar-refractivity contribution is 6.04. The minimum atomic E-state index is -4.51. The van der Waals surface area contributed by atoms with E-state index in [9.17, 15) is 27.6 Å². The molecule has 1 aliphatic carbocycles. The van der Waals surface area contributed by atoms with E-state index >= 15 is 0 Å². The second-order valence-electron chi connectivity index (χ2n) is 9.07. The number of anilines is 2. The Balaban J connectivity index is 1.44. The van der Waals surface area contributed by atoms with Crippen molar-refractivity contribution < 1.29 is 32.7 Å². The molecule has 0 heterocycles. The molecule has 1 atom stereocenters. The molecule has 1 aliphatic rings. The van der Waals surface area contributed by atoms with Gasteiger partial charge in [-0.2, -0.15) is 13.2 Å². The van der Waals surface area contributed by atoms with Gasteiger partial charge in [-0.15, -0.1) is 0 Å². The van der Waals surface area contributed by atoms with Crippen LogP contribution in [0.4, 0.5) is 29.3 Å². The number of carboxylic acid groups (broad SMARTS) is 1. The number of aryl methyl sites for hydroxylation is 1. The topological polar surface area (TPSA) is 95.5 Å². The third-order valence-corrected chi connectivity index (χ3v) is 6.31. The van der Waals surface area contributed by atoms with E-state index in [1.54, 1.807) is 43.3 Å². The predicted octanol–water partition coefficient (Wildman–Crippen LogP) is 6.63. The Morgan fingerprint density at radius 3 is 2.28 bits per heavy atom. The van der Waals surface area contributed by atoms with E-state index in [0.29, 0.717) is 24.1 Å². The fourth-order valence-corrected chi connectivity index (χ4v) is 4.37. The van der Waals surface area contributed by atoms with E-state index in [1.807, 2.05) is 6.07 Å². The number of carboxylic acids is 1. The van der Waals surface area contributed by atoms with Gasteiger partial charge in [0.05, 0.1) is 12.0 Å². The lowest BCUT2D eigenvalue weighted by atomic mass is 9.69. The van der Waals surface area contributed by atoms with Crippen LogP contribution in [0.2, 0.25) is 0 Å². The number of hydrogen-bond donors (Lipinski definition) is 3. The van der Waals surface area contributed by atoms with E-state index in [1.165, 1.54) is 12.1 Å². The number of rotatable bonds is 5. The van der Waals surface area contributed by atoms with Crippen molar-refractivity contribution in [1.82, 2.24) is 0 Å². The number of halogens is 3. The van der Waals surface area contributed by atoms with Gasteiger partial charge in [-0.05, 0) is 59.9 Å². The van der Waals surface area contributed by atoms with Crippen LogP contribution >= 0.6 is 0 Å². The van der Waals surface area contributed by atoms with Gasteiger partial charge in [0.2, 0.25) is 0 Å². The number of fused-ring (bicyclic) bond motifs is 1. The van der Waals surface area contributed by atoms with Gasteiger partial charge in [0.1, 0.15) is 0 Å². The molecule has 0 bridgehead atoms. The number of alkyl halides is 3. The second-order valence-corrected chi connectivity index (χ2v) is 9.07. The summed E-state index contributed by atoms with van der Waals surface area (Å²) in [5.74, 6) is -1.16. The Bertz CT molecular complexity index is 1340. The molecule has 36 heavy (non-hydrogen) atoms. The number of urea groups is 1. The van der Waals surface area contributed by atoms with Crippen LogP contribution in [0.1, 0.15) is 41.3 Å². The Kier molecular flexibility index (Phi) is 6.58. The van der Waals surface area contributed by atoms with Crippen LogP contribution in [0, 0.1) is 5.41 Å². The third-order valence-electron chi connectivity index (χ3n) is 6.31. The molecule has 6 nitrogen and oxygen atoms in total. The highest BCUT2D eigenvalue weighted by Gasteiger charge is 2.40. The molecule has 3 aromatic rings. The molecule has 0 saturated heterocycles. The molecule has 3 N–H and O–H groups in total. The summed E-state index contributed by atoms with van der Waals surface area (Å²) < 4.78 is 38.6. The zero-order chi connectivity index (χ0) is 26.1. The number of hydrogen-bond acceptors (Lipinski definition) is 3. The minimum absolute atomic E-state index is 0.0157. The summed E-state index contributed by atoms with van der Waals surface area (Å²) in [6, 6.07) is 16.0. The van der Waals surface area contributed by atoms with E-state index in [-0.39, 0.29) is 17.9 Å². The van der Waals surface area contributed by atoms with Crippen LogP contribution in [0.15, 0.2) is 66.7 Å². The van der Waals surface area contributed by atoms with E-state index in [0.717, 1.165) is 28.8 Å². The summed E-state index contributed by atoms with van der Waals surface area (Å²) in [4.78, 5) is 36.3. The van der Waals surface area contributed by atoms with Gasteiger partial charge in [-0.25, -0.2) is 4.79 Å². The summed E-state index contributed by atoms with van der Waals surface area (Å²) >= 11 is 0. The van der Waals surface area contributed by atoms with Gasteiger partial charge in [-0.3, -0.25) is 9.59 Å². The van der Waals surface area contributed by atoms with Gasteiger partial charge in [0.15, 0.2) is 5.78 Å². The molecule has 0 radical (unpaired) electrons. The number of Topliss-reactive ketones (excluding diaryl/α,β-unsaturated/α-hetero) is 1. The normalized spacial score (nSPS) is 17.3. The predicted molar refractivity (Wildman–Crippen MR) is 129 cm³/mol. The molecular formula is C27H23F3N2O4. The first kappa shape index (κ1) is 25.0. The van der Waals surface area contributed by atoms with Crippen molar-refractivity contribution in [3.63, 3.8) is 0 Å². The number of aliphatic carboxylic acids is 1. The number of carbonyl (C=O) groups excluding carboxylic acids is 2. The standard InChI is InChI=1S/C27H23F3N2O4/c1-26(15-23(33)34)12-11-18-13-17(7-10-22(18)24(26)35)16-5-8-20(9-6-16)31-25(36)32-21-4-2-3-19(14-21)27(28,29)30/h2-10,13-14H,11-12,15H2,1H3,(H,33,34)(H2,31,32,36). The fourth-order valence-electron chi connectivity index (χ4n) is 4.37. The highest BCUT2D eigenvalue weighted by Crippen LogP contribution is 2.39. The number of benzene rings is 3. The van der Waals surface area contributed by atoms with Crippen LogP contribution in [0.25, 0.3) is 11.1 Å². The quantitative estimate of drug-likeness (QED) is 0.370. The van der Waals surface area contributed by atoms with E-state index < -0.39 is 29.2 Å². The van der Waals surface area contributed by atoms with Crippen molar-refractivity contribution >= 4 is 29.2 Å². The SMILES string of the molecule is CC1(CC(=O)O)CCc2cc(-c3ccc(NC(=O)Nc4cccc(C(F)(F)F)c4)cc3)ccc2C1=O. The fraction of sp³-hybridized carbons (Fsp3) is 0.222. The lowest BCUT2D eigenvalue weighted by molar-refractivity contribution is -0.139. The van der Waals surface area contributed by atoms with Crippen molar-refractivity contribution in [2.75, 3.05) is 10.6 Å². The first-order valence-electron chi connectivity index (χ1n) is 11.2. The third kappa shape index (κ3) is 5.40. The van der Waals surface area contributed by atoms with Crippen LogP contribution in [0.5, 0.6) is 0 Å². The molecule has 1 unspecified atom stereocenters. The van der Waals surface area contributed by atoms with Gasteiger partial charge in [0, 0.05) is 22.4 Å².